The van der Waals surface area contributed by atoms with Gasteiger partial charge in [-0.2, -0.15) is 0 Å². The van der Waals surface area contributed by atoms with E-state index in [-0.39, 0.29) is 16.2 Å². The minimum absolute atomic E-state index is 0.173. The minimum atomic E-state index is -3.28. The van der Waals surface area contributed by atoms with Crippen molar-refractivity contribution in [3.8, 4) is 0 Å². The molecule has 0 spiro atoms. The topological polar surface area (TPSA) is 89.0 Å². The van der Waals surface area contributed by atoms with Crippen LogP contribution in [0.15, 0.2) is 29.2 Å². The second-order valence-electron chi connectivity index (χ2n) is 8.86. The molecule has 6 rings (SSSR count). The summed E-state index contributed by atoms with van der Waals surface area (Å²) in [5.74, 6) is 2.21. The van der Waals surface area contributed by atoms with Crippen molar-refractivity contribution in [2.75, 3.05) is 11.6 Å². The zero-order valence-electron chi connectivity index (χ0n) is 15.7. The van der Waals surface area contributed by atoms with Gasteiger partial charge in [-0.3, -0.25) is 10.1 Å². The van der Waals surface area contributed by atoms with Crippen molar-refractivity contribution in [1.29, 1.82) is 0 Å². The minimum Gasteiger partial charge on any atom is -0.296 e. The lowest BCUT2D eigenvalue weighted by Crippen LogP contribution is -2.48. The summed E-state index contributed by atoms with van der Waals surface area (Å²) in [6.07, 6.45) is 8.94. The number of nitrogens with one attached hydrogen (secondary N) is 1. The normalized spacial score (nSPS) is 31.1. The van der Waals surface area contributed by atoms with Crippen LogP contribution < -0.4 is 5.32 Å². The zero-order chi connectivity index (χ0) is 19.5. The van der Waals surface area contributed by atoms with E-state index in [1.54, 1.807) is 0 Å². The Labute approximate surface area is 168 Å². The molecule has 1 heterocycles. The Kier molecular flexibility index (Phi) is 4.14. The Balaban J connectivity index is 1.32. The van der Waals surface area contributed by atoms with Crippen LogP contribution in [0.25, 0.3) is 0 Å². The Hall–Kier alpha value is -1.80. The number of hydrogen-bond acceptors (Lipinski definition) is 6. The van der Waals surface area contributed by atoms with Gasteiger partial charge in [-0.15, -0.1) is 10.2 Å². The summed E-state index contributed by atoms with van der Waals surface area (Å²) >= 11 is 1.50. The average molecular weight is 418 g/mol. The molecule has 1 aromatic carbocycles. The van der Waals surface area contributed by atoms with E-state index >= 15 is 0 Å². The Morgan fingerprint density at radius 2 is 1.61 bits per heavy atom. The van der Waals surface area contributed by atoms with E-state index < -0.39 is 9.84 Å². The van der Waals surface area contributed by atoms with Crippen LogP contribution in [-0.2, 0) is 15.3 Å². The summed E-state index contributed by atoms with van der Waals surface area (Å²) in [6.45, 7) is 0. The zero-order valence-corrected chi connectivity index (χ0v) is 17.4. The van der Waals surface area contributed by atoms with Crippen LogP contribution in [0.1, 0.15) is 53.9 Å². The van der Waals surface area contributed by atoms with Crippen LogP contribution in [0, 0.1) is 17.8 Å². The number of hydrogen-bond donors (Lipinski definition) is 1. The highest BCUT2D eigenvalue weighted by molar-refractivity contribution is 7.90. The lowest BCUT2D eigenvalue weighted by Gasteiger charge is -2.55. The van der Waals surface area contributed by atoms with Crippen molar-refractivity contribution in [2.24, 2.45) is 17.8 Å². The third kappa shape index (κ3) is 3.16. The van der Waals surface area contributed by atoms with Crippen LogP contribution in [0.2, 0.25) is 0 Å². The molecule has 1 amide bonds. The molecule has 2 aromatic rings. The first-order valence-electron chi connectivity index (χ1n) is 9.76. The van der Waals surface area contributed by atoms with Gasteiger partial charge in [-0.05, 0) is 80.5 Å². The Morgan fingerprint density at radius 1 is 1.04 bits per heavy atom. The summed E-state index contributed by atoms with van der Waals surface area (Å²) in [7, 11) is -3.28. The van der Waals surface area contributed by atoms with Gasteiger partial charge in [0.05, 0.1) is 4.90 Å². The molecule has 0 unspecified atom stereocenters. The molecule has 1 aromatic heterocycles. The number of sulfone groups is 1. The number of carbonyl (C=O) groups is 1. The summed E-state index contributed by atoms with van der Waals surface area (Å²) in [5, 5.41) is 13.1. The van der Waals surface area contributed by atoms with Crippen molar-refractivity contribution >= 4 is 32.2 Å². The number of anilines is 1. The third-order valence-corrected chi connectivity index (χ3v) is 8.90. The number of aromatic nitrogens is 2. The van der Waals surface area contributed by atoms with Gasteiger partial charge in [0.1, 0.15) is 5.01 Å². The van der Waals surface area contributed by atoms with Gasteiger partial charge in [0, 0.05) is 17.2 Å². The molecule has 6 nitrogen and oxygen atoms in total. The molecular formula is C20H23N3O3S2. The molecule has 4 aliphatic carbocycles. The van der Waals surface area contributed by atoms with E-state index in [0.717, 1.165) is 29.0 Å². The van der Waals surface area contributed by atoms with Crippen molar-refractivity contribution in [2.45, 2.75) is 48.8 Å². The van der Waals surface area contributed by atoms with Crippen LogP contribution in [0.4, 0.5) is 5.13 Å². The molecule has 4 saturated carbocycles. The summed E-state index contributed by atoms with van der Waals surface area (Å²) in [5.41, 5.74) is 0.575. The standard InChI is InChI=1S/C20H23N3O3S2/c1-28(25,26)16-4-2-15(3-5-16)17(24)21-19-23-22-18(27-19)20-9-12-6-13(10-20)8-14(7-12)11-20/h2-5,12-14H,6-11H2,1H3,(H,21,23,24). The smallest absolute Gasteiger partial charge is 0.257 e. The summed E-state index contributed by atoms with van der Waals surface area (Å²) < 4.78 is 23.1. The lowest BCUT2D eigenvalue weighted by molar-refractivity contribution is -0.00555. The maximum absolute atomic E-state index is 12.5. The quantitative estimate of drug-likeness (QED) is 0.820. The number of nitrogens with zero attached hydrogens (tertiary/aromatic N) is 2. The van der Waals surface area contributed by atoms with Crippen molar-refractivity contribution in [3.05, 3.63) is 34.8 Å². The SMILES string of the molecule is CS(=O)(=O)c1ccc(C(=O)Nc2nnc(C34CC5CC(CC(C5)C3)C4)s2)cc1. The second-order valence-corrected chi connectivity index (χ2v) is 11.9. The molecule has 0 radical (unpaired) electrons. The average Bonchev–Trinajstić information content (AvgIpc) is 3.09. The van der Waals surface area contributed by atoms with Gasteiger partial charge in [0.15, 0.2) is 9.84 Å². The lowest BCUT2D eigenvalue weighted by atomic mass is 9.50. The fourth-order valence-corrected chi connectivity index (χ4v) is 7.47. The van der Waals surface area contributed by atoms with Crippen LogP contribution in [0.3, 0.4) is 0 Å². The fourth-order valence-electron chi connectivity index (χ4n) is 5.88. The fraction of sp³-hybridized carbons (Fsp3) is 0.550. The number of carbonyl (C=O) groups excluding carboxylic acids is 1. The van der Waals surface area contributed by atoms with Crippen LogP contribution in [0.5, 0.6) is 0 Å². The highest BCUT2D eigenvalue weighted by Crippen LogP contribution is 2.61. The molecule has 148 valence electrons. The van der Waals surface area contributed by atoms with E-state index in [9.17, 15) is 13.2 Å². The van der Waals surface area contributed by atoms with Gasteiger partial charge in [-0.1, -0.05) is 11.3 Å². The molecule has 8 heteroatoms. The molecule has 28 heavy (non-hydrogen) atoms. The Bertz CT molecular complexity index is 992. The molecule has 4 fully saturated rings. The van der Waals surface area contributed by atoms with E-state index in [1.165, 1.54) is 74.1 Å². The van der Waals surface area contributed by atoms with Crippen LogP contribution in [-0.4, -0.2) is 30.8 Å². The summed E-state index contributed by atoms with van der Waals surface area (Å²) in [6, 6.07) is 5.94. The van der Waals surface area contributed by atoms with Crippen LogP contribution >= 0.6 is 11.3 Å². The molecule has 4 bridgehead atoms. The molecule has 0 aliphatic heterocycles. The van der Waals surface area contributed by atoms with Gasteiger partial charge in [0.2, 0.25) is 5.13 Å². The van der Waals surface area contributed by atoms with Crippen molar-refractivity contribution in [1.82, 2.24) is 10.2 Å². The number of amides is 1. The second kappa shape index (κ2) is 6.35. The first-order chi connectivity index (χ1) is 13.3. The van der Waals surface area contributed by atoms with E-state index in [0.29, 0.717) is 10.7 Å². The maximum Gasteiger partial charge on any atom is 0.257 e. The van der Waals surface area contributed by atoms with E-state index in [2.05, 4.69) is 15.5 Å². The maximum atomic E-state index is 12.5. The number of benzene rings is 1. The highest BCUT2D eigenvalue weighted by atomic mass is 32.2. The molecular weight excluding hydrogens is 394 g/mol. The monoisotopic (exact) mass is 417 g/mol. The Morgan fingerprint density at radius 3 is 2.14 bits per heavy atom. The van der Waals surface area contributed by atoms with Gasteiger partial charge in [-0.25, -0.2) is 8.42 Å². The first-order valence-corrected chi connectivity index (χ1v) is 12.5. The van der Waals surface area contributed by atoms with E-state index in [1.807, 2.05) is 0 Å². The van der Waals surface area contributed by atoms with Gasteiger partial charge < -0.3 is 0 Å². The third-order valence-electron chi connectivity index (χ3n) is 6.68. The molecule has 1 N–H and O–H groups in total. The van der Waals surface area contributed by atoms with Gasteiger partial charge in [0.25, 0.3) is 5.91 Å². The predicted molar refractivity (Wildman–Crippen MR) is 107 cm³/mol. The molecule has 0 atom stereocenters. The largest absolute Gasteiger partial charge is 0.296 e. The first kappa shape index (κ1) is 18.2. The van der Waals surface area contributed by atoms with E-state index in [4.69, 9.17) is 0 Å². The highest BCUT2D eigenvalue weighted by Gasteiger charge is 2.53. The molecule has 0 saturated heterocycles. The van der Waals surface area contributed by atoms with Gasteiger partial charge >= 0.3 is 0 Å². The van der Waals surface area contributed by atoms with Crippen molar-refractivity contribution < 1.29 is 13.2 Å². The van der Waals surface area contributed by atoms with Crippen molar-refractivity contribution in [3.63, 3.8) is 0 Å². The predicted octanol–water partition coefficient (Wildman–Crippen LogP) is 3.66. The summed E-state index contributed by atoms with van der Waals surface area (Å²) in [4.78, 5) is 12.7. The molecule has 4 aliphatic rings. The number of rotatable bonds is 4.